The quantitative estimate of drug-likeness (QED) is 0.0305. The lowest BCUT2D eigenvalue weighted by molar-refractivity contribution is -0.110. The van der Waals surface area contributed by atoms with E-state index in [1.165, 1.54) is 23.1 Å². The van der Waals surface area contributed by atoms with Crippen molar-refractivity contribution < 1.29 is 52.0 Å². The van der Waals surface area contributed by atoms with Crippen molar-refractivity contribution in [1.82, 2.24) is 20.5 Å². The molecule has 1 unspecified atom stereocenters. The van der Waals surface area contributed by atoms with Gasteiger partial charge in [-0.1, -0.05) is 18.2 Å². The van der Waals surface area contributed by atoms with Gasteiger partial charge in [0.2, 0.25) is 0 Å². The predicted molar refractivity (Wildman–Crippen MR) is 248 cm³/mol. The molecule has 4 N–H and O–H groups in total. The van der Waals surface area contributed by atoms with Gasteiger partial charge in [-0.3, -0.25) is 19.2 Å². The van der Waals surface area contributed by atoms with Gasteiger partial charge in [0.1, 0.15) is 12.4 Å². The first kappa shape index (κ1) is 49.2. The zero-order valence-corrected chi connectivity index (χ0v) is 38.4. The Balaban J connectivity index is 1.11. The number of benzene rings is 3. The number of rotatable bonds is 25. The molecule has 6 rings (SSSR count). The highest BCUT2D eigenvalue weighted by Gasteiger charge is 2.32. The molecule has 66 heavy (non-hydrogen) atoms. The van der Waals surface area contributed by atoms with E-state index < -0.39 is 17.8 Å². The Morgan fingerprint density at radius 2 is 1.42 bits per heavy atom. The molecule has 0 radical (unpaired) electrons. The maximum Gasteiger partial charge on any atom is 0.409 e. The summed E-state index contributed by atoms with van der Waals surface area (Å²) < 4.78 is 41.4. The number of ketones is 1. The topological polar surface area (TPSA) is 187 Å². The zero-order chi connectivity index (χ0) is 47.2. The molecule has 2 aliphatic rings. The molecule has 1 aromatic heterocycles. The number of amides is 4. The fraction of sp³-hybridized carbons (Fsp3) is 0.420. The van der Waals surface area contributed by atoms with Crippen molar-refractivity contribution in [2.75, 3.05) is 92.0 Å². The van der Waals surface area contributed by atoms with E-state index >= 15 is 0 Å². The average Bonchev–Trinajstić information content (AvgIpc) is 3.90. The van der Waals surface area contributed by atoms with Crippen LogP contribution in [0.15, 0.2) is 54.6 Å². The molecule has 2 heterocycles. The number of aromatic nitrogens is 1. The van der Waals surface area contributed by atoms with E-state index in [0.29, 0.717) is 110 Å². The number of fused-ring (bicyclic) bond motifs is 4. The maximum absolute atomic E-state index is 14.0. The third kappa shape index (κ3) is 12.2. The molecule has 0 spiro atoms. The van der Waals surface area contributed by atoms with E-state index in [0.717, 1.165) is 35.1 Å². The summed E-state index contributed by atoms with van der Waals surface area (Å²) in [4.78, 5) is 71.3. The number of ether oxygens (including phenoxy) is 5. The molecule has 1 aliphatic carbocycles. The third-order valence-corrected chi connectivity index (χ3v) is 11.7. The molecule has 1 aliphatic heterocycles. The number of likely N-dealkylation sites (N-methyl/N-ethyl adjacent to an activating group) is 1. The molecular weight excluding hydrogens is 850 g/mol. The molecule has 4 aromatic rings. The lowest BCUT2D eigenvalue weighted by Gasteiger charge is -2.22. The van der Waals surface area contributed by atoms with Crippen LogP contribution in [0.4, 0.5) is 14.9 Å². The van der Waals surface area contributed by atoms with E-state index in [4.69, 9.17) is 23.7 Å². The first-order chi connectivity index (χ1) is 31.9. The van der Waals surface area contributed by atoms with Gasteiger partial charge in [-0.2, -0.15) is 0 Å². The van der Waals surface area contributed by atoms with Crippen molar-refractivity contribution in [2.45, 2.75) is 52.4 Å². The van der Waals surface area contributed by atoms with E-state index in [-0.39, 0.29) is 48.8 Å². The summed E-state index contributed by atoms with van der Waals surface area (Å²) in [5.41, 5.74) is 7.68. The lowest BCUT2D eigenvalue weighted by Crippen LogP contribution is -2.39. The number of aromatic amines is 1. The third-order valence-electron chi connectivity index (χ3n) is 11.7. The van der Waals surface area contributed by atoms with Crippen LogP contribution in [-0.4, -0.2) is 126 Å². The molecule has 0 saturated carbocycles. The Kier molecular flexibility index (Phi) is 17.8. The Hall–Kier alpha value is -6.20. The average molecular weight is 910 g/mol. The number of hydrogen-bond donors (Lipinski definition) is 4. The standard InChI is InChI=1S/C50H60FN5O10/c1-6-56(19-17-52-49(60)46-31(2)44(54-32(46)3)29-41-40-28-35(51)13-16-43(40)55-48(41)59)50(61)66-30-42-38-26-33(45(57)10-7-22-64-23-8-20-62-4)11-14-36(38)37-15-12-34(27-39(37)42)47(58)53-18-25-65-24-9-21-63-5/h11-16,26-29,42,54H,6-10,17-25,30H2,1-5H3,(H,52,60)(H,53,58)(H,55,59)/b41-29-. The number of nitrogens with one attached hydrogen (secondary N) is 4. The van der Waals surface area contributed by atoms with Gasteiger partial charge in [0.15, 0.2) is 5.78 Å². The molecule has 4 amide bonds. The summed E-state index contributed by atoms with van der Waals surface area (Å²) in [5, 5.41) is 8.55. The van der Waals surface area contributed by atoms with Crippen molar-refractivity contribution in [3.05, 3.63) is 111 Å². The summed E-state index contributed by atoms with van der Waals surface area (Å²) in [5.74, 6) is -1.99. The molecule has 3 aromatic carbocycles. The van der Waals surface area contributed by atoms with E-state index in [2.05, 4.69) is 20.9 Å². The zero-order valence-electron chi connectivity index (χ0n) is 38.4. The normalized spacial score (nSPS) is 14.1. The van der Waals surface area contributed by atoms with Crippen LogP contribution in [0.5, 0.6) is 0 Å². The molecule has 352 valence electrons. The van der Waals surface area contributed by atoms with Crippen LogP contribution in [0, 0.1) is 19.7 Å². The molecular formula is C50H60FN5O10. The highest BCUT2D eigenvalue weighted by atomic mass is 19.1. The Morgan fingerprint density at radius 3 is 2.12 bits per heavy atom. The molecule has 15 nitrogen and oxygen atoms in total. The molecule has 16 heteroatoms. The van der Waals surface area contributed by atoms with Gasteiger partial charge in [0, 0.05) is 120 Å². The van der Waals surface area contributed by atoms with Crippen LogP contribution in [0.3, 0.4) is 0 Å². The molecule has 0 bridgehead atoms. The minimum atomic E-state index is -0.589. The largest absolute Gasteiger partial charge is 0.448 e. The number of aryl methyl sites for hydroxylation is 1. The summed E-state index contributed by atoms with van der Waals surface area (Å²) in [6.07, 6.45) is 3.42. The van der Waals surface area contributed by atoms with Gasteiger partial charge in [-0.05, 0) is 110 Å². The number of hydrogen-bond acceptors (Lipinski definition) is 10. The number of H-pyrrole nitrogens is 1. The van der Waals surface area contributed by atoms with Gasteiger partial charge < -0.3 is 49.5 Å². The van der Waals surface area contributed by atoms with Crippen LogP contribution in [0.25, 0.3) is 22.8 Å². The van der Waals surface area contributed by atoms with Crippen LogP contribution >= 0.6 is 0 Å². The Labute approximate surface area is 384 Å². The molecule has 0 saturated heterocycles. The van der Waals surface area contributed by atoms with E-state index in [9.17, 15) is 28.4 Å². The van der Waals surface area contributed by atoms with E-state index in [1.54, 1.807) is 40.2 Å². The lowest BCUT2D eigenvalue weighted by atomic mass is 9.94. The van der Waals surface area contributed by atoms with Gasteiger partial charge in [-0.15, -0.1) is 0 Å². The monoisotopic (exact) mass is 909 g/mol. The maximum atomic E-state index is 14.0. The van der Waals surface area contributed by atoms with Crippen molar-refractivity contribution in [3.63, 3.8) is 0 Å². The van der Waals surface area contributed by atoms with Crippen molar-refractivity contribution >= 4 is 46.9 Å². The fourth-order valence-electron chi connectivity index (χ4n) is 8.21. The predicted octanol–water partition coefficient (Wildman–Crippen LogP) is 7.06. The summed E-state index contributed by atoms with van der Waals surface area (Å²) in [7, 11) is 3.28. The smallest absolute Gasteiger partial charge is 0.409 e. The van der Waals surface area contributed by atoms with Gasteiger partial charge in [0.25, 0.3) is 17.7 Å². The number of carbonyl (C=O) groups excluding carboxylic acids is 5. The number of Topliss-reactive ketones (excluding diaryl/α,β-unsaturated/α-hetero) is 1. The summed E-state index contributed by atoms with van der Waals surface area (Å²) in [6.45, 7) is 9.24. The van der Waals surface area contributed by atoms with Crippen molar-refractivity contribution in [3.8, 4) is 11.1 Å². The van der Waals surface area contributed by atoms with Gasteiger partial charge >= 0.3 is 6.09 Å². The Bertz CT molecular complexity index is 2350. The first-order valence-electron chi connectivity index (χ1n) is 22.4. The minimum absolute atomic E-state index is 0.0318. The number of carbonyl (C=O) groups is 5. The second kappa shape index (κ2) is 23.8. The van der Waals surface area contributed by atoms with Crippen LogP contribution < -0.4 is 16.0 Å². The molecule has 0 fully saturated rings. The number of anilines is 1. The second-order valence-electron chi connectivity index (χ2n) is 16.1. The Morgan fingerprint density at radius 1 is 0.773 bits per heavy atom. The van der Waals surface area contributed by atoms with Gasteiger partial charge in [-0.25, -0.2) is 9.18 Å². The summed E-state index contributed by atoms with van der Waals surface area (Å²) >= 11 is 0. The van der Waals surface area contributed by atoms with Crippen LogP contribution in [0.1, 0.15) is 103 Å². The van der Waals surface area contributed by atoms with Crippen LogP contribution in [0.2, 0.25) is 0 Å². The minimum Gasteiger partial charge on any atom is -0.448 e. The first-order valence-corrected chi connectivity index (χ1v) is 22.4. The number of nitrogens with zero attached hydrogens (tertiary/aromatic N) is 1. The highest BCUT2D eigenvalue weighted by molar-refractivity contribution is 6.35. The fourth-order valence-corrected chi connectivity index (χ4v) is 8.21. The van der Waals surface area contributed by atoms with Gasteiger partial charge in [0.05, 0.1) is 17.7 Å². The number of halogens is 1. The second-order valence-corrected chi connectivity index (χ2v) is 16.1. The SMILES string of the molecule is CCN(CCNC(=O)c1c(C)[nH]c(/C=C2\C(=O)Nc3ccc(F)cc32)c1C)C(=O)OCC1c2cc(C(=O)CCCOCCCOC)ccc2-c2ccc(C(=O)NCCOCCCOC)cc21. The number of methoxy groups -OCH3 is 2. The van der Waals surface area contributed by atoms with Crippen LogP contribution in [-0.2, 0) is 28.5 Å². The van der Waals surface area contributed by atoms with E-state index in [1.807, 2.05) is 37.3 Å². The highest BCUT2D eigenvalue weighted by Crippen LogP contribution is 2.46. The van der Waals surface area contributed by atoms with Crippen molar-refractivity contribution in [1.29, 1.82) is 0 Å². The summed E-state index contributed by atoms with van der Waals surface area (Å²) in [6, 6.07) is 15.1. The van der Waals surface area contributed by atoms with Crippen molar-refractivity contribution in [2.24, 2.45) is 0 Å². The molecule has 1 atom stereocenters.